The van der Waals surface area contributed by atoms with E-state index in [2.05, 4.69) is 4.99 Å². The molecule has 0 amide bonds. The van der Waals surface area contributed by atoms with E-state index in [0.717, 1.165) is 15.4 Å². The fourth-order valence-corrected chi connectivity index (χ4v) is 3.29. The highest BCUT2D eigenvalue weighted by Crippen LogP contribution is 2.35. The standard InChI is InChI=1S/C10H10ClNOS2/c1-14-9-4-7(5-12-6-13)3-8(11)10(9)15-2/h3-4H,5H2,1-2H3. The van der Waals surface area contributed by atoms with Crippen molar-refractivity contribution in [2.75, 3.05) is 12.5 Å². The van der Waals surface area contributed by atoms with Crippen LogP contribution in [0.1, 0.15) is 5.56 Å². The maximum absolute atomic E-state index is 10.0. The molecule has 5 heteroatoms. The minimum Gasteiger partial charge on any atom is -0.211 e. The second-order valence-corrected chi connectivity index (χ2v) is 4.79. The summed E-state index contributed by atoms with van der Waals surface area (Å²) in [4.78, 5) is 15.7. The van der Waals surface area contributed by atoms with E-state index in [-0.39, 0.29) is 0 Å². The van der Waals surface area contributed by atoms with Gasteiger partial charge in [0.05, 0.1) is 11.6 Å². The van der Waals surface area contributed by atoms with Gasteiger partial charge in [-0.2, -0.15) is 0 Å². The first-order valence-corrected chi connectivity index (χ1v) is 6.99. The maximum atomic E-state index is 10.0. The third-order valence-electron chi connectivity index (χ3n) is 1.82. The maximum Gasteiger partial charge on any atom is 0.235 e. The Kier molecular flexibility index (Phi) is 5.26. The topological polar surface area (TPSA) is 29.4 Å². The molecule has 80 valence electrons. The molecule has 0 saturated heterocycles. The Hall–Kier alpha value is -0.410. The van der Waals surface area contributed by atoms with Crippen LogP contribution in [0.4, 0.5) is 0 Å². The van der Waals surface area contributed by atoms with Crippen molar-refractivity contribution in [3.05, 3.63) is 22.7 Å². The smallest absolute Gasteiger partial charge is 0.211 e. The van der Waals surface area contributed by atoms with Crippen molar-refractivity contribution in [2.45, 2.75) is 16.3 Å². The summed E-state index contributed by atoms with van der Waals surface area (Å²) in [5, 5.41) is 0.713. The van der Waals surface area contributed by atoms with Gasteiger partial charge in [0, 0.05) is 9.79 Å². The predicted octanol–water partition coefficient (Wildman–Crippen LogP) is 3.62. The lowest BCUT2D eigenvalue weighted by Gasteiger charge is -2.08. The van der Waals surface area contributed by atoms with E-state index in [9.17, 15) is 4.79 Å². The average Bonchev–Trinajstić information content (AvgIpc) is 2.25. The summed E-state index contributed by atoms with van der Waals surface area (Å²) < 4.78 is 0. The minimum atomic E-state index is 0.339. The van der Waals surface area contributed by atoms with Crippen LogP contribution >= 0.6 is 35.1 Å². The lowest BCUT2D eigenvalue weighted by atomic mass is 10.2. The Bertz CT molecular complexity index is 403. The molecule has 0 saturated carbocycles. The molecule has 0 spiro atoms. The lowest BCUT2D eigenvalue weighted by molar-refractivity contribution is 0.563. The van der Waals surface area contributed by atoms with Gasteiger partial charge in [-0.3, -0.25) is 0 Å². The summed E-state index contributed by atoms with van der Waals surface area (Å²) in [6.45, 7) is 0.339. The molecule has 0 aliphatic rings. The van der Waals surface area contributed by atoms with Crippen LogP contribution in [0, 0.1) is 0 Å². The van der Waals surface area contributed by atoms with Crippen molar-refractivity contribution >= 4 is 41.2 Å². The third-order valence-corrected chi connectivity index (χ3v) is 3.97. The molecule has 1 aromatic rings. The molecular weight excluding hydrogens is 250 g/mol. The SMILES string of the molecule is CSc1cc(CN=C=O)cc(Cl)c1SC. The minimum absolute atomic E-state index is 0.339. The number of aliphatic imine (C=N–C) groups is 1. The van der Waals surface area contributed by atoms with Crippen LogP contribution in [0.2, 0.25) is 5.02 Å². The number of hydrogen-bond acceptors (Lipinski definition) is 4. The second-order valence-electron chi connectivity index (χ2n) is 2.72. The quantitative estimate of drug-likeness (QED) is 0.470. The number of thioether (sulfide) groups is 2. The van der Waals surface area contributed by atoms with Crippen molar-refractivity contribution in [2.24, 2.45) is 4.99 Å². The molecule has 15 heavy (non-hydrogen) atoms. The Morgan fingerprint density at radius 3 is 2.67 bits per heavy atom. The number of isocyanates is 1. The highest BCUT2D eigenvalue weighted by atomic mass is 35.5. The van der Waals surface area contributed by atoms with Crippen molar-refractivity contribution in [1.29, 1.82) is 0 Å². The average molecular weight is 260 g/mol. The monoisotopic (exact) mass is 259 g/mol. The zero-order chi connectivity index (χ0) is 11.3. The Morgan fingerprint density at radius 1 is 1.40 bits per heavy atom. The van der Waals surface area contributed by atoms with Crippen molar-refractivity contribution in [3.8, 4) is 0 Å². The molecule has 0 bridgehead atoms. The molecular formula is C10H10ClNOS2. The number of carbonyl (C=O) groups excluding carboxylic acids is 1. The predicted molar refractivity (Wildman–Crippen MR) is 66.8 cm³/mol. The summed E-state index contributed by atoms with van der Waals surface area (Å²) in [6, 6.07) is 3.84. The Labute approximate surface area is 102 Å². The van der Waals surface area contributed by atoms with Crippen molar-refractivity contribution in [3.63, 3.8) is 0 Å². The second kappa shape index (κ2) is 6.23. The van der Waals surface area contributed by atoms with Crippen molar-refractivity contribution < 1.29 is 4.79 Å². The summed E-state index contributed by atoms with van der Waals surface area (Å²) in [6.07, 6.45) is 5.51. The first-order valence-electron chi connectivity index (χ1n) is 4.17. The number of rotatable bonds is 4. The van der Waals surface area contributed by atoms with Gasteiger partial charge in [-0.15, -0.1) is 23.5 Å². The molecule has 1 aromatic carbocycles. The van der Waals surface area contributed by atoms with Crippen LogP contribution in [0.25, 0.3) is 0 Å². The molecule has 0 N–H and O–H groups in total. The van der Waals surface area contributed by atoms with Gasteiger partial charge in [0.25, 0.3) is 0 Å². The van der Waals surface area contributed by atoms with Gasteiger partial charge in [-0.05, 0) is 30.2 Å². The van der Waals surface area contributed by atoms with Gasteiger partial charge in [0.2, 0.25) is 6.08 Å². The van der Waals surface area contributed by atoms with E-state index in [4.69, 9.17) is 11.6 Å². The number of hydrogen-bond donors (Lipinski definition) is 0. The summed E-state index contributed by atoms with van der Waals surface area (Å²) in [7, 11) is 0. The van der Waals surface area contributed by atoms with Gasteiger partial charge < -0.3 is 0 Å². The van der Waals surface area contributed by atoms with Gasteiger partial charge in [-0.1, -0.05) is 11.6 Å². The highest BCUT2D eigenvalue weighted by molar-refractivity contribution is 8.01. The van der Waals surface area contributed by atoms with Gasteiger partial charge in [-0.25, -0.2) is 9.79 Å². The third kappa shape index (κ3) is 3.28. The van der Waals surface area contributed by atoms with Crippen LogP contribution in [0.15, 0.2) is 26.9 Å². The number of halogens is 1. The zero-order valence-electron chi connectivity index (χ0n) is 8.41. The first-order chi connectivity index (χ1) is 7.22. The molecule has 2 nitrogen and oxygen atoms in total. The summed E-state index contributed by atoms with van der Waals surface area (Å²) in [5.74, 6) is 0. The molecule has 0 aliphatic carbocycles. The van der Waals surface area contributed by atoms with Gasteiger partial charge in [0.15, 0.2) is 0 Å². The van der Waals surface area contributed by atoms with E-state index in [1.807, 2.05) is 24.6 Å². The fourth-order valence-electron chi connectivity index (χ4n) is 1.19. The Morgan fingerprint density at radius 2 is 2.13 bits per heavy atom. The molecule has 0 unspecified atom stereocenters. The molecule has 0 atom stereocenters. The lowest BCUT2D eigenvalue weighted by Crippen LogP contribution is -1.86. The summed E-state index contributed by atoms with van der Waals surface area (Å²) in [5.41, 5.74) is 0.936. The number of benzene rings is 1. The van der Waals surface area contributed by atoms with Crippen molar-refractivity contribution in [1.82, 2.24) is 0 Å². The largest absolute Gasteiger partial charge is 0.235 e. The molecule has 1 rings (SSSR count). The number of nitrogens with zero attached hydrogens (tertiary/aromatic N) is 1. The van der Waals surface area contributed by atoms with Crippen LogP contribution in [0.3, 0.4) is 0 Å². The molecule has 0 aliphatic heterocycles. The fraction of sp³-hybridized carbons (Fsp3) is 0.300. The van der Waals surface area contributed by atoms with Crippen LogP contribution < -0.4 is 0 Å². The normalized spacial score (nSPS) is 9.80. The van der Waals surface area contributed by atoms with Gasteiger partial charge >= 0.3 is 0 Å². The molecule has 0 heterocycles. The van der Waals surface area contributed by atoms with Crippen LogP contribution in [0.5, 0.6) is 0 Å². The highest BCUT2D eigenvalue weighted by Gasteiger charge is 2.07. The zero-order valence-corrected chi connectivity index (χ0v) is 10.8. The van der Waals surface area contributed by atoms with Crippen LogP contribution in [-0.4, -0.2) is 18.6 Å². The molecule has 0 fully saturated rings. The Balaban J connectivity index is 3.12. The molecule has 0 aromatic heterocycles. The van der Waals surface area contributed by atoms with Crippen LogP contribution in [-0.2, 0) is 11.3 Å². The first kappa shape index (κ1) is 12.7. The summed E-state index contributed by atoms with van der Waals surface area (Å²) >= 11 is 9.37. The molecule has 0 radical (unpaired) electrons. The van der Waals surface area contributed by atoms with E-state index in [1.54, 1.807) is 23.5 Å². The van der Waals surface area contributed by atoms with E-state index in [0.29, 0.717) is 11.6 Å². The van der Waals surface area contributed by atoms with Gasteiger partial charge in [0.1, 0.15) is 0 Å². The van der Waals surface area contributed by atoms with E-state index in [1.165, 1.54) is 6.08 Å². The van der Waals surface area contributed by atoms with E-state index < -0.39 is 0 Å². The van der Waals surface area contributed by atoms with E-state index >= 15 is 0 Å².